The van der Waals surface area contributed by atoms with Crippen molar-refractivity contribution in [2.24, 2.45) is 0 Å². The van der Waals surface area contributed by atoms with Gasteiger partial charge in [0.25, 0.3) is 0 Å². The quantitative estimate of drug-likeness (QED) is 0.925. The van der Waals surface area contributed by atoms with Gasteiger partial charge in [0.1, 0.15) is 5.75 Å². The Morgan fingerprint density at radius 2 is 1.90 bits per heavy atom. The number of morpholine rings is 1. The largest absolute Gasteiger partial charge is 0.497 e. The first-order valence-electron chi connectivity index (χ1n) is 6.74. The maximum atomic E-state index is 10.7. The van der Waals surface area contributed by atoms with E-state index in [-0.39, 0.29) is 12.4 Å². The third kappa shape index (κ3) is 3.14. The normalized spacial score (nSPS) is 22.8. The summed E-state index contributed by atoms with van der Waals surface area (Å²) in [7, 11) is 3.64. The summed E-state index contributed by atoms with van der Waals surface area (Å²) in [6.45, 7) is 1.86. The van der Waals surface area contributed by atoms with Crippen LogP contribution < -0.4 is 4.74 Å². The third-order valence-corrected chi connectivity index (χ3v) is 3.80. The number of rotatable bonds is 2. The zero-order valence-electron chi connectivity index (χ0n) is 12.2. The van der Waals surface area contributed by atoms with Gasteiger partial charge >= 0.3 is 0 Å². The first-order chi connectivity index (χ1) is 9.60. The predicted molar refractivity (Wildman–Crippen MR) is 85.1 cm³/mol. The molecule has 0 radical (unpaired) electrons. The number of benzene rings is 2. The van der Waals surface area contributed by atoms with Crippen molar-refractivity contribution < 1.29 is 14.6 Å². The summed E-state index contributed by atoms with van der Waals surface area (Å²) >= 11 is 0. The molecule has 3 rings (SSSR count). The van der Waals surface area contributed by atoms with Gasteiger partial charge in [0.15, 0.2) is 0 Å². The Bertz CT molecular complexity index is 634. The van der Waals surface area contributed by atoms with Gasteiger partial charge in [-0.25, -0.2) is 0 Å². The first-order valence-corrected chi connectivity index (χ1v) is 6.74. The van der Waals surface area contributed by atoms with Gasteiger partial charge in [-0.05, 0) is 36.0 Å². The number of halogens is 1. The van der Waals surface area contributed by atoms with Crippen molar-refractivity contribution in [3.63, 3.8) is 0 Å². The Morgan fingerprint density at radius 1 is 1.19 bits per heavy atom. The van der Waals surface area contributed by atoms with Crippen molar-refractivity contribution in [1.29, 1.82) is 0 Å². The van der Waals surface area contributed by atoms with Crippen LogP contribution >= 0.6 is 12.4 Å². The molecule has 2 aromatic rings. The Morgan fingerprint density at radius 3 is 2.62 bits per heavy atom. The lowest BCUT2D eigenvalue weighted by Gasteiger charge is -2.37. The fourth-order valence-electron chi connectivity index (χ4n) is 2.63. The first kappa shape index (κ1) is 16.0. The molecule has 1 aliphatic rings. The van der Waals surface area contributed by atoms with Gasteiger partial charge in [-0.3, -0.25) is 4.90 Å². The monoisotopic (exact) mass is 309 g/mol. The highest BCUT2D eigenvalue weighted by atomic mass is 35.5. The molecular formula is C16H20ClNO3. The highest BCUT2D eigenvalue weighted by molar-refractivity contribution is 5.85. The van der Waals surface area contributed by atoms with Crippen LogP contribution in [0.3, 0.4) is 0 Å². The van der Waals surface area contributed by atoms with Crippen molar-refractivity contribution in [3.05, 3.63) is 42.0 Å². The number of ether oxygens (including phenoxy) is 2. The zero-order valence-corrected chi connectivity index (χ0v) is 13.0. The molecule has 0 aliphatic carbocycles. The highest BCUT2D eigenvalue weighted by Gasteiger charge is 2.35. The van der Waals surface area contributed by atoms with Crippen molar-refractivity contribution in [2.45, 2.75) is 5.79 Å². The smallest absolute Gasteiger partial charge is 0.205 e. The molecule has 0 saturated carbocycles. The van der Waals surface area contributed by atoms with E-state index >= 15 is 0 Å². The number of fused-ring (bicyclic) bond motifs is 1. The van der Waals surface area contributed by atoms with Gasteiger partial charge in [-0.2, -0.15) is 0 Å². The second-order valence-electron chi connectivity index (χ2n) is 5.30. The predicted octanol–water partition coefficient (Wildman–Crippen LogP) is 2.38. The number of hydrogen-bond acceptors (Lipinski definition) is 4. The number of β-amino-alcohol motifs (C(OH)–C–C–N with tert-alkyl or cyclic N) is 1. The van der Waals surface area contributed by atoms with Crippen molar-refractivity contribution >= 4 is 23.2 Å². The standard InChI is InChI=1S/C16H19NO3.ClH/c1-17-7-8-20-16(18,11-17)14-5-3-13-10-15(19-2)6-4-12(13)9-14;/h3-6,9-10,18H,7-8,11H2,1-2H3;1H. The number of hydrogen-bond donors (Lipinski definition) is 1. The highest BCUT2D eigenvalue weighted by Crippen LogP contribution is 2.30. The Labute approximate surface area is 130 Å². The molecule has 1 aliphatic heterocycles. The van der Waals surface area contributed by atoms with Crippen LogP contribution in [-0.4, -0.2) is 43.9 Å². The van der Waals surface area contributed by atoms with Crippen LogP contribution in [0.25, 0.3) is 10.8 Å². The molecule has 1 unspecified atom stereocenters. The average molecular weight is 310 g/mol. The van der Waals surface area contributed by atoms with Crippen LogP contribution in [0.5, 0.6) is 5.75 Å². The molecule has 2 aromatic carbocycles. The minimum Gasteiger partial charge on any atom is -0.497 e. The topological polar surface area (TPSA) is 41.9 Å². The molecule has 0 amide bonds. The molecular weight excluding hydrogens is 290 g/mol. The summed E-state index contributed by atoms with van der Waals surface area (Å²) in [5.74, 6) is -0.390. The van der Waals surface area contributed by atoms with Crippen LogP contribution in [-0.2, 0) is 10.5 Å². The summed E-state index contributed by atoms with van der Waals surface area (Å²) in [6.07, 6.45) is 0. The van der Waals surface area contributed by atoms with Crippen LogP contribution in [0, 0.1) is 0 Å². The van der Waals surface area contributed by atoms with Crippen molar-refractivity contribution in [1.82, 2.24) is 4.90 Å². The van der Waals surface area contributed by atoms with Crippen LogP contribution in [0.2, 0.25) is 0 Å². The van der Waals surface area contributed by atoms with Crippen LogP contribution in [0.15, 0.2) is 36.4 Å². The Balaban J connectivity index is 0.00000161. The van der Waals surface area contributed by atoms with E-state index in [9.17, 15) is 5.11 Å². The molecule has 114 valence electrons. The minimum atomic E-state index is -1.22. The fourth-order valence-corrected chi connectivity index (χ4v) is 2.63. The lowest BCUT2D eigenvalue weighted by atomic mass is 9.99. The maximum absolute atomic E-state index is 10.7. The van der Waals surface area contributed by atoms with E-state index < -0.39 is 5.79 Å². The zero-order chi connectivity index (χ0) is 14.2. The average Bonchev–Trinajstić information content (AvgIpc) is 2.46. The molecule has 0 bridgehead atoms. The second kappa shape index (κ2) is 6.20. The SMILES string of the molecule is COc1ccc2cc(C3(O)CN(C)CCO3)ccc2c1.Cl. The van der Waals surface area contributed by atoms with Crippen molar-refractivity contribution in [3.8, 4) is 5.75 Å². The molecule has 1 N–H and O–H groups in total. The number of methoxy groups -OCH3 is 1. The van der Waals surface area contributed by atoms with Crippen LogP contribution in [0.1, 0.15) is 5.56 Å². The summed E-state index contributed by atoms with van der Waals surface area (Å²) in [5, 5.41) is 12.8. The van der Waals surface area contributed by atoms with E-state index in [1.165, 1.54) is 0 Å². The van der Waals surface area contributed by atoms with E-state index in [1.807, 2.05) is 43.4 Å². The lowest BCUT2D eigenvalue weighted by Crippen LogP contribution is -2.48. The molecule has 1 fully saturated rings. The molecule has 0 aromatic heterocycles. The summed E-state index contributed by atoms with van der Waals surface area (Å²) in [4.78, 5) is 2.07. The number of aliphatic hydroxyl groups is 1. The van der Waals surface area contributed by atoms with E-state index in [2.05, 4.69) is 4.90 Å². The summed E-state index contributed by atoms with van der Waals surface area (Å²) < 4.78 is 10.8. The van der Waals surface area contributed by atoms with E-state index in [0.717, 1.165) is 28.6 Å². The molecule has 1 saturated heterocycles. The molecule has 1 atom stereocenters. The molecule has 21 heavy (non-hydrogen) atoms. The van der Waals surface area contributed by atoms with Gasteiger partial charge < -0.3 is 14.6 Å². The van der Waals surface area contributed by atoms with Gasteiger partial charge in [-0.15, -0.1) is 12.4 Å². The second-order valence-corrected chi connectivity index (χ2v) is 5.30. The van der Waals surface area contributed by atoms with E-state index in [4.69, 9.17) is 9.47 Å². The maximum Gasteiger partial charge on any atom is 0.205 e. The molecule has 5 heteroatoms. The minimum absolute atomic E-state index is 0. The number of likely N-dealkylation sites (N-methyl/N-ethyl adjacent to an activating group) is 1. The molecule has 4 nitrogen and oxygen atoms in total. The summed E-state index contributed by atoms with van der Waals surface area (Å²) in [6, 6.07) is 11.8. The number of nitrogens with zero attached hydrogens (tertiary/aromatic N) is 1. The third-order valence-electron chi connectivity index (χ3n) is 3.80. The van der Waals surface area contributed by atoms with Gasteiger partial charge in [-0.1, -0.05) is 18.2 Å². The van der Waals surface area contributed by atoms with Crippen LogP contribution in [0.4, 0.5) is 0 Å². The van der Waals surface area contributed by atoms with E-state index in [1.54, 1.807) is 7.11 Å². The molecule has 1 heterocycles. The summed E-state index contributed by atoms with van der Waals surface area (Å²) in [5.41, 5.74) is 0.793. The lowest BCUT2D eigenvalue weighted by molar-refractivity contribution is -0.245. The van der Waals surface area contributed by atoms with Gasteiger partial charge in [0, 0.05) is 12.1 Å². The molecule has 0 spiro atoms. The fraction of sp³-hybridized carbons (Fsp3) is 0.375. The van der Waals surface area contributed by atoms with Gasteiger partial charge in [0.05, 0.1) is 20.3 Å². The Kier molecular flexibility index (Phi) is 4.74. The van der Waals surface area contributed by atoms with Crippen molar-refractivity contribution in [2.75, 3.05) is 33.9 Å². The Hall–Kier alpha value is -1.33. The van der Waals surface area contributed by atoms with Gasteiger partial charge in [0.2, 0.25) is 5.79 Å². The van der Waals surface area contributed by atoms with E-state index in [0.29, 0.717) is 13.2 Å².